The van der Waals surface area contributed by atoms with Crippen molar-refractivity contribution in [3.05, 3.63) is 114 Å². The second-order valence-corrected chi connectivity index (χ2v) is 11.7. The van der Waals surface area contributed by atoms with Crippen LogP contribution in [0.1, 0.15) is 68.3 Å². The molecule has 2 N–H and O–H groups in total. The van der Waals surface area contributed by atoms with Crippen molar-refractivity contribution in [3.63, 3.8) is 0 Å². The SMILES string of the molecule is CCC(NCCCN(C(=O)c1ccccc1)[C@@H](c1nc(-c2ccccc2)cn1Cc1ccccc1)C(C)(C)C)C(=O)O. The van der Waals surface area contributed by atoms with Crippen LogP contribution >= 0.6 is 0 Å². The summed E-state index contributed by atoms with van der Waals surface area (Å²) in [5.74, 6) is -0.116. The molecule has 0 bridgehead atoms. The summed E-state index contributed by atoms with van der Waals surface area (Å²) in [5.41, 5.74) is 3.27. The number of nitrogens with one attached hydrogen (secondary N) is 1. The Kier molecular flexibility index (Phi) is 10.3. The Morgan fingerprint density at radius 3 is 2.10 bits per heavy atom. The Morgan fingerprint density at radius 2 is 1.52 bits per heavy atom. The van der Waals surface area contributed by atoms with E-state index in [0.717, 1.165) is 22.6 Å². The first-order chi connectivity index (χ1) is 20.2. The fourth-order valence-corrected chi connectivity index (χ4v) is 5.32. The lowest BCUT2D eigenvalue weighted by Crippen LogP contribution is -2.44. The third-order valence-corrected chi connectivity index (χ3v) is 7.40. The predicted octanol–water partition coefficient (Wildman–Crippen LogP) is 6.67. The second-order valence-electron chi connectivity index (χ2n) is 11.7. The molecule has 42 heavy (non-hydrogen) atoms. The number of aliphatic carboxylic acids is 1. The van der Waals surface area contributed by atoms with Crippen molar-refractivity contribution < 1.29 is 14.7 Å². The van der Waals surface area contributed by atoms with Gasteiger partial charge < -0.3 is 19.9 Å². The molecule has 0 saturated heterocycles. The van der Waals surface area contributed by atoms with Crippen molar-refractivity contribution in [1.29, 1.82) is 0 Å². The normalized spacial score (nSPS) is 13.0. The molecule has 1 aromatic heterocycles. The van der Waals surface area contributed by atoms with Gasteiger partial charge in [0.05, 0.1) is 11.7 Å². The molecular weight excluding hydrogens is 524 g/mol. The van der Waals surface area contributed by atoms with Crippen molar-refractivity contribution in [2.75, 3.05) is 13.1 Å². The minimum Gasteiger partial charge on any atom is -0.480 e. The Bertz CT molecular complexity index is 1430. The smallest absolute Gasteiger partial charge is 0.320 e. The van der Waals surface area contributed by atoms with E-state index in [9.17, 15) is 14.7 Å². The molecule has 0 aliphatic heterocycles. The molecule has 220 valence electrons. The molecule has 2 atom stereocenters. The minimum absolute atomic E-state index is 0.0728. The Hall–Kier alpha value is -4.23. The van der Waals surface area contributed by atoms with Crippen molar-refractivity contribution in [2.24, 2.45) is 5.41 Å². The minimum atomic E-state index is -0.862. The third kappa shape index (κ3) is 7.74. The molecule has 4 rings (SSSR count). The van der Waals surface area contributed by atoms with E-state index in [4.69, 9.17) is 4.98 Å². The van der Waals surface area contributed by atoms with E-state index >= 15 is 0 Å². The quantitative estimate of drug-likeness (QED) is 0.177. The fourth-order valence-electron chi connectivity index (χ4n) is 5.32. The van der Waals surface area contributed by atoms with Crippen molar-refractivity contribution in [1.82, 2.24) is 19.8 Å². The maximum atomic E-state index is 14.2. The van der Waals surface area contributed by atoms with E-state index in [1.807, 2.05) is 78.6 Å². The lowest BCUT2D eigenvalue weighted by molar-refractivity contribution is -0.139. The summed E-state index contributed by atoms with van der Waals surface area (Å²) in [6.07, 6.45) is 3.17. The van der Waals surface area contributed by atoms with Gasteiger partial charge in [0.15, 0.2) is 0 Å². The van der Waals surface area contributed by atoms with E-state index < -0.39 is 12.0 Å². The first kappa shape index (κ1) is 30.7. The van der Waals surface area contributed by atoms with Gasteiger partial charge in [-0.05, 0) is 42.5 Å². The number of nitrogens with zero attached hydrogens (tertiary/aromatic N) is 3. The topological polar surface area (TPSA) is 87.5 Å². The molecule has 4 aromatic rings. The molecule has 0 aliphatic rings. The zero-order valence-electron chi connectivity index (χ0n) is 25.0. The number of rotatable bonds is 13. The molecule has 0 fully saturated rings. The van der Waals surface area contributed by atoms with Crippen LogP contribution in [0, 0.1) is 5.41 Å². The summed E-state index contributed by atoms with van der Waals surface area (Å²) < 4.78 is 2.18. The largest absolute Gasteiger partial charge is 0.480 e. The van der Waals surface area contributed by atoms with Crippen LogP contribution in [-0.4, -0.2) is 50.6 Å². The Morgan fingerprint density at radius 1 is 0.929 bits per heavy atom. The number of hydrogen-bond acceptors (Lipinski definition) is 4. The van der Waals surface area contributed by atoms with Gasteiger partial charge in [-0.25, -0.2) is 4.98 Å². The molecule has 0 aliphatic carbocycles. The molecule has 0 radical (unpaired) electrons. The Balaban J connectivity index is 1.77. The van der Waals surface area contributed by atoms with E-state index in [1.165, 1.54) is 0 Å². The van der Waals surface area contributed by atoms with Gasteiger partial charge in [0, 0.05) is 30.4 Å². The van der Waals surface area contributed by atoms with Crippen LogP contribution in [0.3, 0.4) is 0 Å². The van der Waals surface area contributed by atoms with Gasteiger partial charge in [-0.1, -0.05) is 107 Å². The molecule has 0 spiro atoms. The number of imidazole rings is 1. The van der Waals surface area contributed by atoms with Gasteiger partial charge in [-0.2, -0.15) is 0 Å². The van der Waals surface area contributed by atoms with Gasteiger partial charge in [-0.15, -0.1) is 0 Å². The zero-order valence-corrected chi connectivity index (χ0v) is 25.0. The molecular formula is C35H42N4O3. The highest BCUT2D eigenvalue weighted by Crippen LogP contribution is 2.40. The summed E-state index contributed by atoms with van der Waals surface area (Å²) in [7, 11) is 0. The summed E-state index contributed by atoms with van der Waals surface area (Å²) >= 11 is 0. The molecule has 1 unspecified atom stereocenters. The molecule has 1 amide bonds. The number of aromatic nitrogens is 2. The average Bonchev–Trinajstić information content (AvgIpc) is 3.39. The first-order valence-electron chi connectivity index (χ1n) is 14.7. The number of hydrogen-bond donors (Lipinski definition) is 2. The lowest BCUT2D eigenvalue weighted by Gasteiger charge is -2.40. The number of benzene rings is 3. The van der Waals surface area contributed by atoms with Crippen LogP contribution in [0.4, 0.5) is 0 Å². The van der Waals surface area contributed by atoms with Gasteiger partial charge in [-0.3, -0.25) is 9.59 Å². The standard InChI is InChI=1S/C35H42N4O3/c1-5-29(34(41)42)36-22-15-23-39(33(40)28-20-13-8-14-21-28)31(35(2,3)4)32-37-30(27-18-11-7-12-19-27)25-38(32)24-26-16-9-6-10-17-26/h6-14,16-21,25,29,31,36H,5,15,22-24H2,1-4H3,(H,41,42)/t29?,31-/m0/s1. The molecule has 0 saturated carbocycles. The highest BCUT2D eigenvalue weighted by molar-refractivity contribution is 5.94. The highest BCUT2D eigenvalue weighted by atomic mass is 16.4. The van der Waals surface area contributed by atoms with Crippen LogP contribution in [0.15, 0.2) is 97.2 Å². The maximum Gasteiger partial charge on any atom is 0.320 e. The van der Waals surface area contributed by atoms with Crippen molar-refractivity contribution in [2.45, 2.75) is 59.2 Å². The molecule has 1 heterocycles. The maximum absolute atomic E-state index is 14.2. The monoisotopic (exact) mass is 566 g/mol. The van der Waals surface area contributed by atoms with Gasteiger partial charge >= 0.3 is 5.97 Å². The van der Waals surface area contributed by atoms with Crippen LogP contribution < -0.4 is 5.32 Å². The number of amides is 1. The predicted molar refractivity (Wildman–Crippen MR) is 167 cm³/mol. The van der Waals surface area contributed by atoms with Crippen LogP contribution in [-0.2, 0) is 11.3 Å². The number of carboxylic acid groups (broad SMARTS) is 1. The summed E-state index contributed by atoms with van der Waals surface area (Å²) in [4.78, 5) is 32.9. The second kappa shape index (κ2) is 14.1. The third-order valence-electron chi connectivity index (χ3n) is 7.40. The Labute approximate surface area is 249 Å². The van der Waals surface area contributed by atoms with Crippen LogP contribution in [0.2, 0.25) is 0 Å². The first-order valence-corrected chi connectivity index (χ1v) is 14.7. The number of carbonyl (C=O) groups is 2. The van der Waals surface area contributed by atoms with Crippen LogP contribution in [0.25, 0.3) is 11.3 Å². The summed E-state index contributed by atoms with van der Waals surface area (Å²) in [6.45, 7) is 9.82. The summed E-state index contributed by atoms with van der Waals surface area (Å²) in [5, 5.41) is 12.6. The number of carbonyl (C=O) groups excluding carboxylic acids is 1. The van der Waals surface area contributed by atoms with E-state index in [2.05, 4.69) is 61.1 Å². The van der Waals surface area contributed by atoms with Gasteiger partial charge in [0.1, 0.15) is 11.9 Å². The van der Waals surface area contributed by atoms with Crippen molar-refractivity contribution >= 4 is 11.9 Å². The van der Waals surface area contributed by atoms with Crippen molar-refractivity contribution in [3.8, 4) is 11.3 Å². The molecule has 3 aromatic carbocycles. The summed E-state index contributed by atoms with van der Waals surface area (Å²) in [6, 6.07) is 28.8. The van der Waals surface area contributed by atoms with E-state index in [1.54, 1.807) is 0 Å². The molecule has 7 nitrogen and oxygen atoms in total. The van der Waals surface area contributed by atoms with Crippen LogP contribution in [0.5, 0.6) is 0 Å². The zero-order chi connectivity index (χ0) is 30.1. The number of carboxylic acids is 1. The van der Waals surface area contributed by atoms with E-state index in [-0.39, 0.29) is 17.4 Å². The van der Waals surface area contributed by atoms with E-state index in [0.29, 0.717) is 38.0 Å². The van der Waals surface area contributed by atoms with Gasteiger partial charge in [0.2, 0.25) is 0 Å². The molecule has 7 heteroatoms. The lowest BCUT2D eigenvalue weighted by atomic mass is 9.84. The van der Waals surface area contributed by atoms with Gasteiger partial charge in [0.25, 0.3) is 5.91 Å². The average molecular weight is 567 g/mol. The fraction of sp³-hybridized carbons (Fsp3) is 0.343. The highest BCUT2D eigenvalue weighted by Gasteiger charge is 2.38.